The SMILES string of the molecule is Clc1ccc2c(c1)[C@@H]1C=CC[C@@H]1[C@H](c1ccc(Cl)c(Cl)c1)N2. The zero-order valence-corrected chi connectivity index (χ0v) is 14.0. The van der Waals surface area contributed by atoms with Crippen LogP contribution in [0.25, 0.3) is 0 Å². The summed E-state index contributed by atoms with van der Waals surface area (Å²) >= 11 is 18.4. The average Bonchev–Trinajstić information content (AvgIpc) is 2.99. The third kappa shape index (κ3) is 2.32. The smallest absolute Gasteiger partial charge is 0.0595 e. The zero-order valence-electron chi connectivity index (χ0n) is 11.7. The highest BCUT2D eigenvalue weighted by atomic mass is 35.5. The first-order valence-electron chi connectivity index (χ1n) is 7.31. The molecule has 0 aromatic heterocycles. The molecule has 2 aromatic rings. The maximum Gasteiger partial charge on any atom is 0.0595 e. The van der Waals surface area contributed by atoms with E-state index in [1.807, 2.05) is 18.2 Å². The van der Waals surface area contributed by atoms with Crippen LogP contribution < -0.4 is 5.32 Å². The molecule has 4 rings (SSSR count). The van der Waals surface area contributed by atoms with E-state index in [0.29, 0.717) is 21.9 Å². The normalized spacial score (nSPS) is 25.5. The Hall–Kier alpha value is -1.15. The molecule has 1 heterocycles. The van der Waals surface area contributed by atoms with Gasteiger partial charge < -0.3 is 5.32 Å². The number of halogens is 3. The summed E-state index contributed by atoms with van der Waals surface area (Å²) in [4.78, 5) is 0. The van der Waals surface area contributed by atoms with E-state index < -0.39 is 0 Å². The van der Waals surface area contributed by atoms with E-state index in [2.05, 4.69) is 35.7 Å². The number of nitrogens with one attached hydrogen (secondary N) is 1. The summed E-state index contributed by atoms with van der Waals surface area (Å²) < 4.78 is 0. The molecule has 3 atom stereocenters. The number of rotatable bonds is 1. The van der Waals surface area contributed by atoms with E-state index in [-0.39, 0.29) is 6.04 Å². The Bertz CT molecular complexity index is 769. The number of anilines is 1. The Morgan fingerprint density at radius 3 is 2.64 bits per heavy atom. The van der Waals surface area contributed by atoms with E-state index in [4.69, 9.17) is 34.8 Å². The summed E-state index contributed by atoms with van der Waals surface area (Å²) in [5.74, 6) is 0.873. The van der Waals surface area contributed by atoms with Crippen molar-refractivity contribution in [1.82, 2.24) is 0 Å². The van der Waals surface area contributed by atoms with Gasteiger partial charge in [0.1, 0.15) is 0 Å². The fourth-order valence-corrected chi connectivity index (χ4v) is 4.09. The minimum Gasteiger partial charge on any atom is -0.378 e. The van der Waals surface area contributed by atoms with Gasteiger partial charge in [0, 0.05) is 16.6 Å². The van der Waals surface area contributed by atoms with Gasteiger partial charge in [-0.15, -0.1) is 0 Å². The second-order valence-corrected chi connectivity index (χ2v) is 7.13. The minimum absolute atomic E-state index is 0.225. The zero-order chi connectivity index (χ0) is 15.3. The van der Waals surface area contributed by atoms with E-state index in [1.54, 1.807) is 0 Å². The van der Waals surface area contributed by atoms with Crippen LogP contribution >= 0.6 is 34.8 Å². The monoisotopic (exact) mass is 349 g/mol. The Labute approximate surface area is 144 Å². The van der Waals surface area contributed by atoms with E-state index in [1.165, 1.54) is 11.1 Å². The molecule has 0 saturated heterocycles. The van der Waals surface area contributed by atoms with Crippen molar-refractivity contribution in [3.05, 3.63) is 74.7 Å². The fourth-order valence-electron chi connectivity index (χ4n) is 3.60. The summed E-state index contributed by atoms with van der Waals surface area (Å²) in [6, 6.07) is 12.2. The van der Waals surface area contributed by atoms with Crippen molar-refractivity contribution < 1.29 is 0 Å². The van der Waals surface area contributed by atoms with Gasteiger partial charge >= 0.3 is 0 Å². The molecule has 2 aromatic carbocycles. The van der Waals surface area contributed by atoms with Gasteiger partial charge in [-0.25, -0.2) is 0 Å². The van der Waals surface area contributed by atoms with Gasteiger partial charge in [0.2, 0.25) is 0 Å². The summed E-state index contributed by atoms with van der Waals surface area (Å²) in [6.45, 7) is 0. The van der Waals surface area contributed by atoms with Crippen molar-refractivity contribution in [2.45, 2.75) is 18.4 Å². The predicted molar refractivity (Wildman–Crippen MR) is 94.3 cm³/mol. The van der Waals surface area contributed by atoms with Crippen molar-refractivity contribution >= 4 is 40.5 Å². The van der Waals surface area contributed by atoms with Crippen LogP contribution in [0, 0.1) is 5.92 Å². The van der Waals surface area contributed by atoms with Gasteiger partial charge in [-0.05, 0) is 53.8 Å². The van der Waals surface area contributed by atoms with Gasteiger partial charge in [0.25, 0.3) is 0 Å². The van der Waals surface area contributed by atoms with Crippen LogP contribution in [0.1, 0.15) is 29.5 Å². The lowest BCUT2D eigenvalue weighted by Crippen LogP contribution is -2.29. The van der Waals surface area contributed by atoms with Gasteiger partial charge in [0.05, 0.1) is 16.1 Å². The number of hydrogen-bond acceptors (Lipinski definition) is 1. The van der Waals surface area contributed by atoms with Crippen molar-refractivity contribution in [3.63, 3.8) is 0 Å². The topological polar surface area (TPSA) is 12.0 Å². The lowest BCUT2D eigenvalue weighted by molar-refractivity contribution is 0.425. The molecule has 0 radical (unpaired) electrons. The third-order valence-corrected chi connectivity index (χ3v) is 5.60. The molecular weight excluding hydrogens is 337 g/mol. The summed E-state index contributed by atoms with van der Waals surface area (Å²) in [5.41, 5.74) is 3.60. The van der Waals surface area contributed by atoms with Crippen LogP contribution in [0.5, 0.6) is 0 Å². The van der Waals surface area contributed by atoms with Crippen LogP contribution in [-0.2, 0) is 0 Å². The molecule has 0 bridgehead atoms. The predicted octanol–water partition coefficient (Wildman–Crippen LogP) is 6.47. The largest absolute Gasteiger partial charge is 0.378 e. The minimum atomic E-state index is 0.225. The van der Waals surface area contributed by atoms with Crippen molar-refractivity contribution in [2.24, 2.45) is 5.92 Å². The number of fused-ring (bicyclic) bond motifs is 3. The summed E-state index contributed by atoms with van der Waals surface area (Å²) in [6.07, 6.45) is 5.61. The van der Waals surface area contributed by atoms with E-state index in [0.717, 1.165) is 17.1 Å². The van der Waals surface area contributed by atoms with Gasteiger partial charge in [-0.2, -0.15) is 0 Å². The first-order chi connectivity index (χ1) is 10.6. The molecule has 1 aliphatic carbocycles. The molecule has 2 aliphatic rings. The Morgan fingerprint density at radius 2 is 1.82 bits per heavy atom. The van der Waals surface area contributed by atoms with Gasteiger partial charge in [0.15, 0.2) is 0 Å². The molecule has 1 N–H and O–H groups in total. The fraction of sp³-hybridized carbons (Fsp3) is 0.222. The van der Waals surface area contributed by atoms with Gasteiger partial charge in [-0.1, -0.05) is 53.0 Å². The summed E-state index contributed by atoms with van der Waals surface area (Å²) in [7, 11) is 0. The molecule has 0 saturated carbocycles. The molecule has 22 heavy (non-hydrogen) atoms. The highest BCUT2D eigenvalue weighted by molar-refractivity contribution is 6.42. The van der Waals surface area contributed by atoms with E-state index >= 15 is 0 Å². The van der Waals surface area contributed by atoms with Crippen LogP contribution in [-0.4, -0.2) is 0 Å². The summed E-state index contributed by atoms with van der Waals surface area (Å²) in [5, 5.41) is 5.64. The highest BCUT2D eigenvalue weighted by Gasteiger charge is 2.37. The van der Waals surface area contributed by atoms with Crippen molar-refractivity contribution in [2.75, 3.05) is 5.32 Å². The average molecular weight is 351 g/mol. The molecule has 0 spiro atoms. The molecule has 0 unspecified atom stereocenters. The van der Waals surface area contributed by atoms with Gasteiger partial charge in [-0.3, -0.25) is 0 Å². The standard InChI is InChI=1S/C18H14Cl3N/c19-11-5-7-17-14(9-11)12-2-1-3-13(12)18(22-17)10-4-6-15(20)16(21)8-10/h1-2,4-9,12-13,18,22H,3H2/t12-,13+,18+/m1/s1. The molecule has 112 valence electrons. The van der Waals surface area contributed by atoms with Crippen molar-refractivity contribution in [1.29, 1.82) is 0 Å². The lowest BCUT2D eigenvalue weighted by atomic mass is 9.77. The molecule has 1 aliphatic heterocycles. The van der Waals surface area contributed by atoms with E-state index in [9.17, 15) is 0 Å². The second-order valence-electron chi connectivity index (χ2n) is 5.88. The number of allylic oxidation sites excluding steroid dienone is 2. The first kappa shape index (κ1) is 14.4. The molecule has 0 amide bonds. The Kier molecular flexibility index (Phi) is 3.60. The second kappa shape index (κ2) is 5.49. The third-order valence-electron chi connectivity index (χ3n) is 4.63. The van der Waals surface area contributed by atoms with Crippen LogP contribution in [0.4, 0.5) is 5.69 Å². The Morgan fingerprint density at radius 1 is 0.955 bits per heavy atom. The quantitative estimate of drug-likeness (QED) is 0.581. The maximum absolute atomic E-state index is 6.20. The lowest BCUT2D eigenvalue weighted by Gasteiger charge is -2.37. The highest BCUT2D eigenvalue weighted by Crippen LogP contribution is 2.50. The number of benzene rings is 2. The number of hydrogen-bond donors (Lipinski definition) is 1. The molecule has 1 nitrogen and oxygen atoms in total. The Balaban J connectivity index is 1.79. The van der Waals surface area contributed by atoms with Crippen LogP contribution in [0.15, 0.2) is 48.6 Å². The van der Waals surface area contributed by atoms with Crippen LogP contribution in [0.2, 0.25) is 15.1 Å². The molecule has 4 heteroatoms. The molecule has 0 fully saturated rings. The molecular formula is C18H14Cl3N. The first-order valence-corrected chi connectivity index (χ1v) is 8.44. The van der Waals surface area contributed by atoms with Crippen molar-refractivity contribution in [3.8, 4) is 0 Å². The van der Waals surface area contributed by atoms with Crippen LogP contribution in [0.3, 0.4) is 0 Å². The maximum atomic E-state index is 6.20.